The summed E-state index contributed by atoms with van der Waals surface area (Å²) in [6.45, 7) is 4.65. The van der Waals surface area contributed by atoms with E-state index in [0.717, 1.165) is 11.1 Å². The lowest BCUT2D eigenvalue weighted by molar-refractivity contribution is -0.181. The topological polar surface area (TPSA) is 139 Å². The van der Waals surface area contributed by atoms with Crippen LogP contribution in [-0.4, -0.2) is 56.4 Å². The first kappa shape index (κ1) is 31.9. The van der Waals surface area contributed by atoms with Gasteiger partial charge in [-0.3, -0.25) is 4.79 Å². The molecule has 4 atom stereocenters. The van der Waals surface area contributed by atoms with Gasteiger partial charge in [0.25, 0.3) is 11.5 Å². The van der Waals surface area contributed by atoms with Gasteiger partial charge in [-0.05, 0) is 62.3 Å². The Morgan fingerprint density at radius 2 is 1.51 bits per heavy atom. The van der Waals surface area contributed by atoms with Gasteiger partial charge < -0.3 is 25.4 Å². The summed E-state index contributed by atoms with van der Waals surface area (Å²) >= 11 is 0. The molecule has 0 radical (unpaired) electrons. The molecule has 4 N–H and O–H groups in total. The number of aliphatic hydroxyl groups excluding tert-OH is 1. The van der Waals surface area contributed by atoms with E-state index in [1.165, 1.54) is 0 Å². The number of fused-ring (bicyclic) bond motifs is 1. The molecule has 1 aliphatic rings. The van der Waals surface area contributed by atoms with Crippen LogP contribution in [0.5, 0.6) is 0 Å². The van der Waals surface area contributed by atoms with Gasteiger partial charge in [-0.1, -0.05) is 84.9 Å². The van der Waals surface area contributed by atoms with E-state index in [2.05, 4.69) is 0 Å². The van der Waals surface area contributed by atoms with Crippen LogP contribution in [0.2, 0.25) is 0 Å². The Hall–Kier alpha value is -4.05. The molecule has 3 aromatic carbocycles. The minimum atomic E-state index is -2.96. The molecule has 4 rings (SSSR count). The third-order valence-corrected chi connectivity index (χ3v) is 7.46. The second-order valence-corrected chi connectivity index (χ2v) is 11.9. The van der Waals surface area contributed by atoms with Crippen LogP contribution >= 0.6 is 0 Å². The van der Waals surface area contributed by atoms with E-state index >= 15 is 0 Å². The van der Waals surface area contributed by atoms with Gasteiger partial charge >= 0.3 is 12.1 Å². The Morgan fingerprint density at radius 1 is 0.930 bits per heavy atom. The zero-order valence-electron chi connectivity index (χ0n) is 24.8. The van der Waals surface area contributed by atoms with Crippen LogP contribution in [0.25, 0.3) is 0 Å². The summed E-state index contributed by atoms with van der Waals surface area (Å²) in [6.07, 6.45) is -1.08. The molecule has 0 aromatic heterocycles. The lowest BCUT2D eigenvalue weighted by atomic mass is 9.87. The van der Waals surface area contributed by atoms with Crippen LogP contribution in [0.4, 0.5) is 4.79 Å². The maximum absolute atomic E-state index is 14.4. The largest absolute Gasteiger partial charge is 0.458 e. The summed E-state index contributed by atoms with van der Waals surface area (Å²) in [5.41, 5.74) is 5.37. The molecule has 3 aromatic rings. The third kappa shape index (κ3) is 7.48. The van der Waals surface area contributed by atoms with E-state index in [-0.39, 0.29) is 19.4 Å². The normalized spacial score (nSPS) is 18.2. The molecule has 0 saturated carbocycles. The van der Waals surface area contributed by atoms with E-state index in [1.807, 2.05) is 30.3 Å². The highest BCUT2D eigenvalue weighted by molar-refractivity contribution is 6.11. The second-order valence-electron chi connectivity index (χ2n) is 11.9. The van der Waals surface area contributed by atoms with E-state index in [0.29, 0.717) is 28.9 Å². The summed E-state index contributed by atoms with van der Waals surface area (Å²) in [7, 11) is 0. The number of imide groups is 1. The Labute approximate surface area is 252 Å². The lowest BCUT2D eigenvalue weighted by Gasteiger charge is -2.38. The number of carbonyl (C=O) groups excluding carboxylic acids is 3. The molecule has 1 aliphatic carbocycles. The summed E-state index contributed by atoms with van der Waals surface area (Å²) in [5.74, 6) is -2.60. The number of amides is 2. The van der Waals surface area contributed by atoms with E-state index in [1.54, 1.807) is 75.4 Å². The van der Waals surface area contributed by atoms with Crippen LogP contribution < -0.4 is 5.73 Å². The number of nitrogens with two attached hydrogens (primary N) is 1. The molecule has 228 valence electrons. The maximum atomic E-state index is 14.4. The summed E-state index contributed by atoms with van der Waals surface area (Å²) in [4.78, 5) is 42.5. The van der Waals surface area contributed by atoms with Gasteiger partial charge in [0.2, 0.25) is 0 Å². The fourth-order valence-corrected chi connectivity index (χ4v) is 5.29. The van der Waals surface area contributed by atoms with Crippen LogP contribution in [0.3, 0.4) is 0 Å². The van der Waals surface area contributed by atoms with Crippen molar-refractivity contribution in [1.29, 1.82) is 0 Å². The van der Waals surface area contributed by atoms with Crippen molar-refractivity contribution in [2.24, 2.45) is 5.73 Å². The van der Waals surface area contributed by atoms with Gasteiger partial charge in [-0.15, -0.1) is 0 Å². The number of hydrogen-bond acceptors (Lipinski definition) is 8. The molecular weight excluding hydrogens is 548 g/mol. The average molecular weight is 589 g/mol. The quantitative estimate of drug-likeness (QED) is 0.236. The van der Waals surface area contributed by atoms with Crippen molar-refractivity contribution in [2.75, 3.05) is 0 Å². The molecule has 0 heterocycles. The van der Waals surface area contributed by atoms with Crippen molar-refractivity contribution in [3.8, 4) is 0 Å². The highest BCUT2D eigenvalue weighted by atomic mass is 16.6. The summed E-state index contributed by atoms with van der Waals surface area (Å²) in [6, 6.07) is 22.7. The number of rotatable bonds is 10. The number of hydrogen-bond donors (Lipinski definition) is 3. The predicted molar refractivity (Wildman–Crippen MR) is 161 cm³/mol. The SMILES string of the molecule is CC(C)(C)OC(=O)N(C(=O)[C@@](O)(C(=O)OCc1ccccc1)C(N)CCCc1ccccc1)[C@H]1c2ccccc2C[C@H]1O. The monoisotopic (exact) mass is 588 g/mol. The molecule has 1 unspecified atom stereocenters. The number of ether oxygens (including phenoxy) is 2. The molecule has 0 aliphatic heterocycles. The first-order chi connectivity index (χ1) is 20.4. The fourth-order valence-electron chi connectivity index (χ4n) is 5.29. The first-order valence-electron chi connectivity index (χ1n) is 14.5. The first-order valence-corrected chi connectivity index (χ1v) is 14.5. The number of nitrogens with zero attached hydrogens (tertiary/aromatic N) is 1. The maximum Gasteiger partial charge on any atom is 0.417 e. The van der Waals surface area contributed by atoms with Crippen molar-refractivity contribution in [1.82, 2.24) is 4.90 Å². The molecule has 43 heavy (non-hydrogen) atoms. The molecule has 0 bridgehead atoms. The lowest BCUT2D eigenvalue weighted by Crippen LogP contribution is -2.66. The number of aryl methyl sites for hydroxylation is 1. The Kier molecular flexibility index (Phi) is 10.0. The smallest absolute Gasteiger partial charge is 0.417 e. The van der Waals surface area contributed by atoms with Gasteiger partial charge in [-0.25, -0.2) is 14.5 Å². The van der Waals surface area contributed by atoms with Gasteiger partial charge in [-0.2, -0.15) is 0 Å². The van der Waals surface area contributed by atoms with Crippen LogP contribution in [0.1, 0.15) is 61.9 Å². The number of aliphatic hydroxyl groups is 2. The molecule has 9 nitrogen and oxygen atoms in total. The standard InChI is InChI=1S/C34H40N2O7/c1-33(2,3)43-32(40)36(29-26-19-11-10-18-25(26)21-27(29)37)30(38)34(41,31(39)42-22-24-15-8-5-9-16-24)28(35)20-12-17-23-13-6-4-7-14-23/h4-11,13-16,18-19,27-29,37,41H,12,17,20-22,35H2,1-3H3/t27-,28?,29+,34-/m1/s1. The van der Waals surface area contributed by atoms with E-state index < -0.39 is 47.4 Å². The fraction of sp³-hybridized carbons (Fsp3) is 0.382. The Balaban J connectivity index is 1.70. The van der Waals surface area contributed by atoms with Gasteiger partial charge in [0.05, 0.1) is 18.2 Å². The number of carbonyl (C=O) groups is 3. The summed E-state index contributed by atoms with van der Waals surface area (Å²) in [5, 5.41) is 23.1. The molecule has 0 saturated heterocycles. The minimum absolute atomic E-state index is 0.0591. The van der Waals surface area contributed by atoms with Crippen molar-refractivity contribution in [3.05, 3.63) is 107 Å². The Bertz CT molecular complexity index is 1410. The van der Waals surface area contributed by atoms with Crippen molar-refractivity contribution in [2.45, 2.75) is 82.5 Å². The van der Waals surface area contributed by atoms with Crippen LogP contribution in [-0.2, 0) is 38.5 Å². The zero-order chi connectivity index (χ0) is 31.2. The van der Waals surface area contributed by atoms with E-state index in [4.69, 9.17) is 15.2 Å². The van der Waals surface area contributed by atoms with Gasteiger partial charge in [0, 0.05) is 6.42 Å². The van der Waals surface area contributed by atoms with Crippen molar-refractivity contribution in [3.63, 3.8) is 0 Å². The molecule has 0 fully saturated rings. The second kappa shape index (κ2) is 13.5. The van der Waals surface area contributed by atoms with Gasteiger partial charge in [0.1, 0.15) is 12.2 Å². The molecule has 9 heteroatoms. The Morgan fingerprint density at radius 3 is 2.14 bits per heavy atom. The number of benzene rings is 3. The third-order valence-electron chi connectivity index (χ3n) is 7.46. The molecule has 0 spiro atoms. The number of esters is 1. The van der Waals surface area contributed by atoms with Crippen LogP contribution in [0, 0.1) is 0 Å². The average Bonchev–Trinajstić information content (AvgIpc) is 3.30. The molecule has 2 amide bonds. The van der Waals surface area contributed by atoms with E-state index in [9.17, 15) is 24.6 Å². The highest BCUT2D eigenvalue weighted by Gasteiger charge is 2.57. The highest BCUT2D eigenvalue weighted by Crippen LogP contribution is 2.39. The van der Waals surface area contributed by atoms with Crippen LogP contribution in [0.15, 0.2) is 84.9 Å². The minimum Gasteiger partial charge on any atom is -0.458 e. The summed E-state index contributed by atoms with van der Waals surface area (Å²) < 4.78 is 11.0. The zero-order valence-corrected chi connectivity index (χ0v) is 24.8. The predicted octanol–water partition coefficient (Wildman–Crippen LogP) is 4.23. The van der Waals surface area contributed by atoms with Gasteiger partial charge in [0.15, 0.2) is 0 Å². The molecular formula is C34H40N2O7. The van der Waals surface area contributed by atoms with Crippen molar-refractivity contribution >= 4 is 18.0 Å². The van der Waals surface area contributed by atoms with Crippen molar-refractivity contribution < 1.29 is 34.1 Å².